The number of sulfonamides is 1. The summed E-state index contributed by atoms with van der Waals surface area (Å²) in [6.07, 6.45) is 0.749. The highest BCUT2D eigenvalue weighted by Crippen LogP contribution is 2.25. The second-order valence-corrected chi connectivity index (χ2v) is 10.9. The van der Waals surface area contributed by atoms with Gasteiger partial charge in [-0.05, 0) is 62.2 Å². The zero-order chi connectivity index (χ0) is 27.7. The number of nitrogens with zero attached hydrogens (tertiary/aromatic N) is 2. The first kappa shape index (κ1) is 28.7. The maximum absolute atomic E-state index is 13.8. The zero-order valence-electron chi connectivity index (χ0n) is 22.3. The van der Waals surface area contributed by atoms with E-state index in [4.69, 9.17) is 4.74 Å². The van der Waals surface area contributed by atoms with Gasteiger partial charge < -0.3 is 15.0 Å². The van der Waals surface area contributed by atoms with Crippen LogP contribution in [0.5, 0.6) is 5.75 Å². The fourth-order valence-corrected chi connectivity index (χ4v) is 5.32. The van der Waals surface area contributed by atoms with Crippen LogP contribution in [0.3, 0.4) is 0 Å². The number of rotatable bonds is 12. The van der Waals surface area contributed by atoms with Crippen molar-refractivity contribution in [2.75, 3.05) is 24.5 Å². The summed E-state index contributed by atoms with van der Waals surface area (Å²) in [7, 11) is -2.53. The topological polar surface area (TPSA) is 96.0 Å². The molecule has 0 unspecified atom stereocenters. The van der Waals surface area contributed by atoms with Gasteiger partial charge in [0.05, 0.1) is 17.7 Å². The van der Waals surface area contributed by atoms with Crippen molar-refractivity contribution in [1.29, 1.82) is 0 Å². The molecule has 3 aromatic carbocycles. The fraction of sp³-hybridized carbons (Fsp3) is 0.310. The van der Waals surface area contributed by atoms with Gasteiger partial charge in [-0.2, -0.15) is 0 Å². The monoisotopic (exact) mass is 537 g/mol. The maximum atomic E-state index is 13.8. The molecule has 0 bridgehead atoms. The van der Waals surface area contributed by atoms with Gasteiger partial charge in [0.15, 0.2) is 0 Å². The van der Waals surface area contributed by atoms with Gasteiger partial charge in [0.2, 0.25) is 11.8 Å². The molecule has 8 nitrogen and oxygen atoms in total. The largest absolute Gasteiger partial charge is 0.497 e. The lowest BCUT2D eigenvalue weighted by Crippen LogP contribution is -2.51. The number of carbonyl (C=O) groups excluding carboxylic acids is 2. The molecule has 38 heavy (non-hydrogen) atoms. The van der Waals surface area contributed by atoms with Crippen LogP contribution in [0.1, 0.15) is 31.4 Å². The standard InChI is InChI=1S/C29H35N3O5S/c1-5-18-30-29(34)23(3)31(20-24-10-9-13-26(19-24)37-4)28(33)21-32(25-11-7-6-8-12-25)38(35,36)27-16-14-22(2)15-17-27/h6-17,19,23H,5,18,20-21H2,1-4H3,(H,30,34)/t23-/m1/s1. The quantitative estimate of drug-likeness (QED) is 0.375. The molecule has 9 heteroatoms. The Kier molecular flexibility index (Phi) is 9.90. The molecule has 3 aromatic rings. The number of carbonyl (C=O) groups is 2. The number of benzene rings is 3. The highest BCUT2D eigenvalue weighted by atomic mass is 32.2. The number of ether oxygens (including phenoxy) is 1. The number of amides is 2. The third-order valence-electron chi connectivity index (χ3n) is 6.14. The van der Waals surface area contributed by atoms with Crippen LogP contribution in [0.25, 0.3) is 0 Å². The first-order valence-electron chi connectivity index (χ1n) is 12.5. The molecule has 1 N–H and O–H groups in total. The third kappa shape index (κ3) is 7.13. The van der Waals surface area contributed by atoms with Crippen LogP contribution in [0.4, 0.5) is 5.69 Å². The first-order chi connectivity index (χ1) is 18.2. The smallest absolute Gasteiger partial charge is 0.264 e. The molecule has 0 spiro atoms. The Balaban J connectivity index is 1.99. The van der Waals surface area contributed by atoms with E-state index in [0.717, 1.165) is 21.9 Å². The Morgan fingerprint density at radius 1 is 0.974 bits per heavy atom. The predicted molar refractivity (Wildman–Crippen MR) is 148 cm³/mol. The Morgan fingerprint density at radius 2 is 1.66 bits per heavy atom. The van der Waals surface area contributed by atoms with Crippen molar-refractivity contribution in [3.63, 3.8) is 0 Å². The van der Waals surface area contributed by atoms with Crippen LogP contribution in [0.2, 0.25) is 0 Å². The molecule has 0 saturated heterocycles. The Hall–Kier alpha value is -3.85. The summed E-state index contributed by atoms with van der Waals surface area (Å²) >= 11 is 0. The van der Waals surface area contributed by atoms with E-state index in [1.807, 2.05) is 19.9 Å². The van der Waals surface area contributed by atoms with Gasteiger partial charge in [-0.1, -0.05) is 55.0 Å². The number of nitrogens with one attached hydrogen (secondary N) is 1. The molecule has 3 rings (SSSR count). The summed E-state index contributed by atoms with van der Waals surface area (Å²) in [4.78, 5) is 28.2. The average molecular weight is 538 g/mol. The summed E-state index contributed by atoms with van der Waals surface area (Å²) in [5.41, 5.74) is 2.02. The Bertz CT molecular complexity index is 1330. The third-order valence-corrected chi connectivity index (χ3v) is 7.92. The summed E-state index contributed by atoms with van der Waals surface area (Å²) < 4.78 is 33.9. The van der Waals surface area contributed by atoms with Crippen LogP contribution in [-0.2, 0) is 26.2 Å². The van der Waals surface area contributed by atoms with Crippen LogP contribution < -0.4 is 14.4 Å². The van der Waals surface area contributed by atoms with E-state index in [1.165, 1.54) is 17.0 Å². The minimum absolute atomic E-state index is 0.0767. The summed E-state index contributed by atoms with van der Waals surface area (Å²) in [5, 5.41) is 2.83. The van der Waals surface area contributed by atoms with E-state index < -0.39 is 28.5 Å². The number of aryl methyl sites for hydroxylation is 1. The molecule has 1 atom stereocenters. The van der Waals surface area contributed by atoms with Crippen LogP contribution in [-0.4, -0.2) is 51.4 Å². The maximum Gasteiger partial charge on any atom is 0.264 e. The SMILES string of the molecule is CCCNC(=O)[C@@H](C)N(Cc1cccc(OC)c1)C(=O)CN(c1ccccc1)S(=O)(=O)c1ccc(C)cc1. The molecule has 0 aliphatic rings. The van der Waals surface area contributed by atoms with E-state index >= 15 is 0 Å². The van der Waals surface area contributed by atoms with E-state index in [0.29, 0.717) is 18.0 Å². The molecule has 2 amide bonds. The zero-order valence-corrected chi connectivity index (χ0v) is 23.1. The molecular weight excluding hydrogens is 502 g/mol. The first-order valence-corrected chi connectivity index (χ1v) is 14.0. The van der Waals surface area contributed by atoms with Gasteiger partial charge in [-0.25, -0.2) is 8.42 Å². The van der Waals surface area contributed by atoms with Gasteiger partial charge in [0.1, 0.15) is 18.3 Å². The summed E-state index contributed by atoms with van der Waals surface area (Å²) in [6.45, 7) is 5.56. The molecule has 0 aliphatic carbocycles. The fourth-order valence-electron chi connectivity index (χ4n) is 3.91. The van der Waals surface area contributed by atoms with Crippen molar-refractivity contribution in [3.8, 4) is 5.75 Å². The summed E-state index contributed by atoms with van der Waals surface area (Å²) in [6, 6.07) is 21.4. The number of para-hydroxylation sites is 1. The van der Waals surface area contributed by atoms with Crippen molar-refractivity contribution >= 4 is 27.5 Å². The van der Waals surface area contributed by atoms with Gasteiger partial charge in [-0.3, -0.25) is 13.9 Å². The lowest BCUT2D eigenvalue weighted by Gasteiger charge is -2.32. The van der Waals surface area contributed by atoms with E-state index in [2.05, 4.69) is 5.32 Å². The lowest BCUT2D eigenvalue weighted by molar-refractivity contribution is -0.139. The Labute approximate surface area is 225 Å². The minimum Gasteiger partial charge on any atom is -0.497 e. The highest BCUT2D eigenvalue weighted by Gasteiger charge is 2.32. The van der Waals surface area contributed by atoms with Crippen molar-refractivity contribution in [3.05, 3.63) is 90.0 Å². The van der Waals surface area contributed by atoms with Crippen molar-refractivity contribution in [2.45, 2.75) is 44.7 Å². The second-order valence-electron chi connectivity index (χ2n) is 9.00. The van der Waals surface area contributed by atoms with E-state index in [-0.39, 0.29) is 17.3 Å². The molecule has 0 aromatic heterocycles. The molecule has 0 heterocycles. The van der Waals surface area contributed by atoms with Crippen LogP contribution >= 0.6 is 0 Å². The molecular formula is C29H35N3O5S. The molecule has 202 valence electrons. The van der Waals surface area contributed by atoms with Gasteiger partial charge in [0, 0.05) is 13.1 Å². The van der Waals surface area contributed by atoms with Gasteiger partial charge in [-0.15, -0.1) is 0 Å². The summed E-state index contributed by atoms with van der Waals surface area (Å²) in [5.74, 6) is -0.201. The predicted octanol–water partition coefficient (Wildman–Crippen LogP) is 4.14. The highest BCUT2D eigenvalue weighted by molar-refractivity contribution is 7.92. The van der Waals surface area contributed by atoms with Crippen LogP contribution in [0, 0.1) is 6.92 Å². The van der Waals surface area contributed by atoms with Crippen molar-refractivity contribution in [2.24, 2.45) is 0 Å². The molecule has 0 aliphatic heterocycles. The molecule has 0 saturated carbocycles. The number of hydrogen-bond donors (Lipinski definition) is 1. The molecule has 0 radical (unpaired) electrons. The normalized spacial score (nSPS) is 11.9. The lowest BCUT2D eigenvalue weighted by atomic mass is 10.1. The number of methoxy groups -OCH3 is 1. The minimum atomic E-state index is -4.08. The second kappa shape index (κ2) is 13.1. The number of hydrogen-bond acceptors (Lipinski definition) is 5. The Morgan fingerprint density at radius 3 is 2.29 bits per heavy atom. The number of anilines is 1. The van der Waals surface area contributed by atoms with Gasteiger partial charge in [0.25, 0.3) is 10.0 Å². The van der Waals surface area contributed by atoms with Gasteiger partial charge >= 0.3 is 0 Å². The van der Waals surface area contributed by atoms with E-state index in [1.54, 1.807) is 74.7 Å². The van der Waals surface area contributed by atoms with Crippen molar-refractivity contribution < 1.29 is 22.7 Å². The van der Waals surface area contributed by atoms with Crippen molar-refractivity contribution in [1.82, 2.24) is 10.2 Å². The molecule has 0 fully saturated rings. The average Bonchev–Trinajstić information content (AvgIpc) is 2.93. The van der Waals surface area contributed by atoms with Crippen LogP contribution in [0.15, 0.2) is 83.8 Å². The van der Waals surface area contributed by atoms with E-state index in [9.17, 15) is 18.0 Å².